The number of carbonyl (C=O) groups is 1. The van der Waals surface area contributed by atoms with E-state index < -0.39 is 0 Å². The molecule has 3 heteroatoms. The van der Waals surface area contributed by atoms with Crippen LogP contribution in [-0.2, 0) is 4.79 Å². The molecule has 0 radical (unpaired) electrons. The molecular weight excluding hydrogens is 188 g/mol. The Kier molecular flexibility index (Phi) is 2.23. The number of hydrogen-bond donors (Lipinski definition) is 2. The Morgan fingerprint density at radius 1 is 1.40 bits per heavy atom. The molecule has 0 spiro atoms. The van der Waals surface area contributed by atoms with Gasteiger partial charge in [0, 0.05) is 18.0 Å². The van der Waals surface area contributed by atoms with Crippen molar-refractivity contribution >= 4 is 5.91 Å². The molecule has 3 rings (SSSR count). The van der Waals surface area contributed by atoms with Gasteiger partial charge in [-0.2, -0.15) is 0 Å². The lowest BCUT2D eigenvalue weighted by Gasteiger charge is -2.33. The zero-order valence-corrected chi connectivity index (χ0v) is 9.22. The second-order valence-electron chi connectivity index (χ2n) is 5.62. The molecule has 2 saturated carbocycles. The van der Waals surface area contributed by atoms with Crippen LogP contribution in [0.2, 0.25) is 0 Å². The van der Waals surface area contributed by atoms with Crippen molar-refractivity contribution in [1.29, 1.82) is 0 Å². The Labute approximate surface area is 91.0 Å². The highest BCUT2D eigenvalue weighted by molar-refractivity contribution is 5.80. The van der Waals surface area contributed by atoms with Gasteiger partial charge in [-0.05, 0) is 44.6 Å². The number of rotatable bonds is 3. The van der Waals surface area contributed by atoms with Crippen LogP contribution in [0.3, 0.4) is 0 Å². The molecule has 1 heterocycles. The molecule has 0 aromatic carbocycles. The van der Waals surface area contributed by atoms with Crippen LogP contribution in [0.1, 0.15) is 38.5 Å². The van der Waals surface area contributed by atoms with Crippen LogP contribution >= 0.6 is 0 Å². The van der Waals surface area contributed by atoms with E-state index in [4.69, 9.17) is 0 Å². The van der Waals surface area contributed by atoms with Crippen LogP contribution in [0.25, 0.3) is 0 Å². The van der Waals surface area contributed by atoms with Crippen molar-refractivity contribution in [2.24, 2.45) is 11.8 Å². The first-order valence-corrected chi connectivity index (χ1v) is 6.30. The second-order valence-corrected chi connectivity index (χ2v) is 5.62. The molecule has 15 heavy (non-hydrogen) atoms. The molecule has 2 N–H and O–H groups in total. The fourth-order valence-corrected chi connectivity index (χ4v) is 3.15. The smallest absolute Gasteiger partial charge is 0.223 e. The molecule has 2 aliphatic carbocycles. The summed E-state index contributed by atoms with van der Waals surface area (Å²) in [4.78, 5) is 11.6. The molecule has 3 fully saturated rings. The summed E-state index contributed by atoms with van der Waals surface area (Å²) in [5.41, 5.74) is 0.257. The first kappa shape index (κ1) is 9.64. The second kappa shape index (κ2) is 3.48. The van der Waals surface area contributed by atoms with Gasteiger partial charge in [-0.25, -0.2) is 0 Å². The van der Waals surface area contributed by atoms with Crippen molar-refractivity contribution in [1.82, 2.24) is 10.6 Å². The number of carbonyl (C=O) groups excluding carboxylic acids is 1. The lowest BCUT2D eigenvalue weighted by atomic mass is 9.80. The SMILES string of the molecule is O=C(NCC12CCCC(CN1)C2)C1CC1. The van der Waals surface area contributed by atoms with Gasteiger partial charge < -0.3 is 10.6 Å². The Hall–Kier alpha value is -0.570. The third-order valence-electron chi connectivity index (χ3n) is 4.26. The van der Waals surface area contributed by atoms with Crippen molar-refractivity contribution in [2.45, 2.75) is 44.1 Å². The minimum absolute atomic E-state index is 0.257. The summed E-state index contributed by atoms with van der Waals surface area (Å²) in [6, 6.07) is 0. The van der Waals surface area contributed by atoms with E-state index in [1.54, 1.807) is 0 Å². The van der Waals surface area contributed by atoms with E-state index in [0.29, 0.717) is 11.8 Å². The summed E-state index contributed by atoms with van der Waals surface area (Å²) in [6.07, 6.45) is 7.44. The van der Waals surface area contributed by atoms with Crippen LogP contribution in [0.4, 0.5) is 0 Å². The number of hydrogen-bond acceptors (Lipinski definition) is 2. The molecule has 2 unspecified atom stereocenters. The fourth-order valence-electron chi connectivity index (χ4n) is 3.15. The van der Waals surface area contributed by atoms with E-state index in [2.05, 4.69) is 10.6 Å². The van der Waals surface area contributed by atoms with E-state index in [1.807, 2.05) is 0 Å². The molecule has 0 aromatic rings. The quantitative estimate of drug-likeness (QED) is 0.727. The molecule has 3 aliphatic rings. The van der Waals surface area contributed by atoms with Crippen LogP contribution in [0.15, 0.2) is 0 Å². The highest BCUT2D eigenvalue weighted by Gasteiger charge is 2.42. The van der Waals surface area contributed by atoms with Crippen molar-refractivity contribution in [3.8, 4) is 0 Å². The maximum absolute atomic E-state index is 11.6. The number of nitrogens with one attached hydrogen (secondary N) is 2. The normalized spacial score (nSPS) is 39.1. The van der Waals surface area contributed by atoms with Gasteiger partial charge in [0.05, 0.1) is 0 Å². The molecule has 2 atom stereocenters. The fraction of sp³-hybridized carbons (Fsp3) is 0.917. The van der Waals surface area contributed by atoms with Crippen molar-refractivity contribution in [3.63, 3.8) is 0 Å². The van der Waals surface area contributed by atoms with Gasteiger partial charge in [0.25, 0.3) is 0 Å². The minimum Gasteiger partial charge on any atom is -0.354 e. The topological polar surface area (TPSA) is 41.1 Å². The zero-order chi connectivity index (χ0) is 10.3. The lowest BCUT2D eigenvalue weighted by Crippen LogP contribution is -2.50. The van der Waals surface area contributed by atoms with Gasteiger partial charge in [0.1, 0.15) is 0 Å². The van der Waals surface area contributed by atoms with Gasteiger partial charge in [0.2, 0.25) is 5.91 Å². The molecule has 2 bridgehead atoms. The maximum atomic E-state index is 11.6. The van der Waals surface area contributed by atoms with Crippen molar-refractivity contribution in [3.05, 3.63) is 0 Å². The third-order valence-corrected chi connectivity index (χ3v) is 4.26. The number of fused-ring (bicyclic) bond motifs is 2. The lowest BCUT2D eigenvalue weighted by molar-refractivity contribution is -0.122. The largest absolute Gasteiger partial charge is 0.354 e. The molecular formula is C12H20N2O. The molecule has 3 nitrogen and oxygen atoms in total. The first-order valence-electron chi connectivity index (χ1n) is 6.30. The van der Waals surface area contributed by atoms with Gasteiger partial charge >= 0.3 is 0 Å². The molecule has 1 amide bonds. The zero-order valence-electron chi connectivity index (χ0n) is 9.22. The minimum atomic E-state index is 0.257. The summed E-state index contributed by atoms with van der Waals surface area (Å²) in [5, 5.41) is 6.76. The molecule has 1 saturated heterocycles. The summed E-state index contributed by atoms with van der Waals surface area (Å²) >= 11 is 0. The van der Waals surface area contributed by atoms with Gasteiger partial charge in [-0.3, -0.25) is 4.79 Å². The maximum Gasteiger partial charge on any atom is 0.223 e. The van der Waals surface area contributed by atoms with E-state index in [0.717, 1.165) is 25.3 Å². The van der Waals surface area contributed by atoms with Gasteiger partial charge in [0.15, 0.2) is 0 Å². The Morgan fingerprint density at radius 2 is 2.27 bits per heavy atom. The van der Waals surface area contributed by atoms with E-state index in [-0.39, 0.29) is 5.54 Å². The Morgan fingerprint density at radius 3 is 3.07 bits per heavy atom. The van der Waals surface area contributed by atoms with Gasteiger partial charge in [-0.15, -0.1) is 0 Å². The predicted octanol–water partition coefficient (Wildman–Crippen LogP) is 1.04. The van der Waals surface area contributed by atoms with Crippen LogP contribution in [0.5, 0.6) is 0 Å². The highest BCUT2D eigenvalue weighted by Crippen LogP contribution is 2.37. The van der Waals surface area contributed by atoms with Crippen LogP contribution in [-0.4, -0.2) is 24.5 Å². The standard InChI is InChI=1S/C12H20N2O/c15-11(10-3-4-10)13-8-12-5-1-2-9(6-12)7-14-12/h9-10,14H,1-8H2,(H,13,15). The summed E-state index contributed by atoms with van der Waals surface area (Å²) in [5.74, 6) is 1.51. The molecule has 1 aliphatic heterocycles. The first-order chi connectivity index (χ1) is 7.27. The summed E-state index contributed by atoms with van der Waals surface area (Å²) < 4.78 is 0. The number of amides is 1. The van der Waals surface area contributed by atoms with Gasteiger partial charge in [-0.1, -0.05) is 6.42 Å². The van der Waals surface area contributed by atoms with Crippen LogP contribution < -0.4 is 10.6 Å². The summed E-state index contributed by atoms with van der Waals surface area (Å²) in [6.45, 7) is 2.03. The molecule has 84 valence electrons. The third kappa shape index (κ3) is 1.89. The monoisotopic (exact) mass is 208 g/mol. The van der Waals surface area contributed by atoms with Crippen molar-refractivity contribution in [2.75, 3.05) is 13.1 Å². The Bertz CT molecular complexity index is 271. The predicted molar refractivity (Wildman–Crippen MR) is 58.4 cm³/mol. The Balaban J connectivity index is 1.55. The average Bonchev–Trinajstić information content (AvgIpc) is 3.04. The van der Waals surface area contributed by atoms with E-state index >= 15 is 0 Å². The average molecular weight is 208 g/mol. The molecule has 0 aromatic heterocycles. The van der Waals surface area contributed by atoms with Crippen LogP contribution in [0, 0.1) is 11.8 Å². The van der Waals surface area contributed by atoms with E-state index in [1.165, 1.54) is 32.2 Å². The van der Waals surface area contributed by atoms with Crippen molar-refractivity contribution < 1.29 is 4.79 Å². The highest BCUT2D eigenvalue weighted by atomic mass is 16.2. The summed E-state index contributed by atoms with van der Waals surface area (Å²) in [7, 11) is 0. The van der Waals surface area contributed by atoms with E-state index in [9.17, 15) is 4.79 Å².